The van der Waals surface area contributed by atoms with Gasteiger partial charge in [-0.3, -0.25) is 28.8 Å². The molecule has 2 aliphatic heterocycles. The standard InChI is InChI=1S/C58H57FN8O12/c1-3-58(76)41-21-46-53-38(26-67(46)55(73)40(41)28-78-56(58)74)52-43(20-18-33-31(2)42(59)22-45(66-53)51(33)52)64-50(71)29-77-30-63-48(69)23-61-54(72)44(19-17-32-11-5-4-6-12-32)65-49(70)25-60-47(68)24-62-57(75)79-27-39-36-15-9-7-13-34(36)35-14-8-10-16-37(35)39/h4-16,21-22,39,43-44,76H,3,17-20,23-30H2,1-2H3,(H,60,68)(H,61,72)(H,62,75)(H,63,69)(H,64,71)(H,65,70)/t43?,44-,58-/m0/s1. The molecule has 0 radical (unpaired) electrons. The van der Waals surface area contributed by atoms with E-state index < -0.39 is 104 Å². The number of rotatable bonds is 19. The van der Waals surface area contributed by atoms with Gasteiger partial charge in [0.2, 0.25) is 29.5 Å². The van der Waals surface area contributed by atoms with Crippen LogP contribution in [0.4, 0.5) is 9.18 Å². The van der Waals surface area contributed by atoms with Gasteiger partial charge in [-0.25, -0.2) is 19.0 Å². The number of carbonyl (C=O) groups excluding carboxylic acids is 7. The third-order valence-electron chi connectivity index (χ3n) is 15.1. The summed E-state index contributed by atoms with van der Waals surface area (Å²) >= 11 is 0. The number of ether oxygens (including phenoxy) is 3. The SMILES string of the molecule is CC[C@@]1(O)C(=O)OCc2c1cc1n(c2=O)Cc2c-1nc1cc(F)c(C)c3c1c2C(NC(=O)COCNC(=O)CNC(=O)[C@H](CCc1ccccc1)NC(=O)CNC(=O)CNC(=O)OCC1c2ccccc2-c2ccccc21)CC3. The summed E-state index contributed by atoms with van der Waals surface area (Å²) in [4.78, 5) is 110. The third kappa shape index (κ3) is 10.8. The lowest BCUT2D eigenvalue weighted by Gasteiger charge is -2.31. The Morgan fingerprint density at radius 2 is 1.52 bits per heavy atom. The highest BCUT2D eigenvalue weighted by molar-refractivity contribution is 5.95. The summed E-state index contributed by atoms with van der Waals surface area (Å²) in [5, 5.41) is 27.5. The minimum atomic E-state index is -2.05. The molecule has 21 heteroatoms. The Balaban J connectivity index is 0.701. The Morgan fingerprint density at radius 3 is 2.25 bits per heavy atom. The fourth-order valence-corrected chi connectivity index (χ4v) is 11.1. The molecule has 6 amide bonds. The number of pyridine rings is 2. The van der Waals surface area contributed by atoms with Crippen molar-refractivity contribution < 1.29 is 57.3 Å². The van der Waals surface area contributed by atoms with E-state index in [2.05, 4.69) is 31.9 Å². The van der Waals surface area contributed by atoms with E-state index in [4.69, 9.17) is 19.2 Å². The molecule has 6 aromatic rings. The van der Waals surface area contributed by atoms with Crippen LogP contribution < -0.4 is 37.5 Å². The average Bonchev–Trinajstić information content (AvgIpc) is 4.07. The number of amides is 6. The summed E-state index contributed by atoms with van der Waals surface area (Å²) in [5.41, 5.74) is 6.31. The molecule has 3 atom stereocenters. The molecule has 4 aromatic carbocycles. The monoisotopic (exact) mass is 1080 g/mol. The van der Waals surface area contributed by atoms with E-state index in [-0.39, 0.29) is 49.6 Å². The number of carbonyl (C=O) groups is 7. The molecule has 4 heterocycles. The topological polar surface area (TPSA) is 274 Å². The minimum absolute atomic E-state index is 0.0463. The van der Waals surface area contributed by atoms with Gasteiger partial charge in [-0.05, 0) is 89.6 Å². The van der Waals surface area contributed by atoms with E-state index in [0.29, 0.717) is 58.2 Å². The number of fused-ring (bicyclic) bond motifs is 8. The first kappa shape index (κ1) is 53.6. The van der Waals surface area contributed by atoms with Crippen LogP contribution in [0.25, 0.3) is 33.4 Å². The maximum atomic E-state index is 15.4. The molecular weight excluding hydrogens is 1020 g/mol. The molecule has 408 valence electrons. The number of hydrogen-bond donors (Lipinski definition) is 7. The molecule has 1 unspecified atom stereocenters. The van der Waals surface area contributed by atoms with Gasteiger partial charge in [0.15, 0.2) is 5.60 Å². The van der Waals surface area contributed by atoms with Crippen molar-refractivity contribution in [2.24, 2.45) is 0 Å². The van der Waals surface area contributed by atoms with Crippen LogP contribution in [0.1, 0.15) is 88.2 Å². The number of aliphatic hydroxyl groups is 1. The average molecular weight is 1080 g/mol. The molecule has 20 nitrogen and oxygen atoms in total. The van der Waals surface area contributed by atoms with Crippen molar-refractivity contribution in [3.8, 4) is 22.5 Å². The van der Waals surface area contributed by atoms with E-state index in [9.17, 15) is 43.5 Å². The molecule has 0 saturated carbocycles. The van der Waals surface area contributed by atoms with Gasteiger partial charge < -0.3 is 55.8 Å². The van der Waals surface area contributed by atoms with Gasteiger partial charge in [-0.2, -0.15) is 0 Å². The minimum Gasteiger partial charge on any atom is -0.458 e. The van der Waals surface area contributed by atoms with Crippen LogP contribution in [0.15, 0.2) is 95.8 Å². The molecule has 79 heavy (non-hydrogen) atoms. The lowest BCUT2D eigenvalue weighted by Crippen LogP contribution is -2.51. The fourth-order valence-electron chi connectivity index (χ4n) is 11.1. The summed E-state index contributed by atoms with van der Waals surface area (Å²) in [6.07, 6.45) is 0.449. The molecule has 2 aliphatic carbocycles. The highest BCUT2D eigenvalue weighted by Gasteiger charge is 2.46. The van der Waals surface area contributed by atoms with Gasteiger partial charge >= 0.3 is 12.1 Å². The number of alkyl carbamates (subject to hydrolysis) is 1. The van der Waals surface area contributed by atoms with Crippen molar-refractivity contribution in [1.29, 1.82) is 0 Å². The van der Waals surface area contributed by atoms with Gasteiger partial charge in [-0.15, -0.1) is 0 Å². The smallest absolute Gasteiger partial charge is 0.407 e. The fraction of sp³-hybridized carbons (Fsp3) is 0.328. The van der Waals surface area contributed by atoms with Crippen LogP contribution in [-0.2, 0) is 74.6 Å². The second kappa shape index (κ2) is 22.6. The molecule has 2 aromatic heterocycles. The first-order chi connectivity index (χ1) is 38.1. The maximum Gasteiger partial charge on any atom is 0.407 e. The lowest BCUT2D eigenvalue weighted by atomic mass is 9.81. The highest BCUT2D eigenvalue weighted by Crippen LogP contribution is 2.47. The molecule has 0 fully saturated rings. The van der Waals surface area contributed by atoms with Crippen molar-refractivity contribution in [1.82, 2.24) is 41.5 Å². The van der Waals surface area contributed by atoms with E-state index in [0.717, 1.165) is 33.4 Å². The van der Waals surface area contributed by atoms with Gasteiger partial charge in [0.1, 0.15) is 45.0 Å². The maximum absolute atomic E-state index is 15.4. The van der Waals surface area contributed by atoms with Crippen LogP contribution in [-0.4, -0.2) is 102 Å². The van der Waals surface area contributed by atoms with Crippen molar-refractivity contribution in [2.45, 2.75) is 82.7 Å². The number of cyclic esters (lactones) is 1. The Bertz CT molecular complexity index is 3490. The number of aromatic nitrogens is 2. The first-order valence-electron chi connectivity index (χ1n) is 26.0. The number of esters is 1. The largest absolute Gasteiger partial charge is 0.458 e. The van der Waals surface area contributed by atoms with Crippen molar-refractivity contribution >= 4 is 52.5 Å². The number of benzene rings is 4. The van der Waals surface area contributed by atoms with Crippen LogP contribution in [0.3, 0.4) is 0 Å². The number of nitrogens with one attached hydrogen (secondary N) is 6. The predicted molar refractivity (Wildman–Crippen MR) is 283 cm³/mol. The zero-order valence-electron chi connectivity index (χ0n) is 43.3. The van der Waals surface area contributed by atoms with E-state index in [1.54, 1.807) is 19.9 Å². The summed E-state index contributed by atoms with van der Waals surface area (Å²) < 4.78 is 33.1. The van der Waals surface area contributed by atoms with E-state index >= 15 is 4.39 Å². The van der Waals surface area contributed by atoms with Crippen molar-refractivity contribution in [3.63, 3.8) is 0 Å². The Kier molecular flexibility index (Phi) is 15.4. The number of halogens is 1. The lowest BCUT2D eigenvalue weighted by molar-refractivity contribution is -0.172. The molecule has 0 spiro atoms. The Morgan fingerprint density at radius 1 is 0.835 bits per heavy atom. The normalized spacial score (nSPS) is 16.7. The van der Waals surface area contributed by atoms with E-state index in [1.165, 1.54) is 10.6 Å². The molecule has 4 aliphatic rings. The Hall–Kier alpha value is -8.82. The van der Waals surface area contributed by atoms with Crippen molar-refractivity contribution in [3.05, 3.63) is 157 Å². The van der Waals surface area contributed by atoms with Gasteiger partial charge in [0, 0.05) is 28.5 Å². The molecule has 7 N–H and O–H groups in total. The predicted octanol–water partition coefficient (Wildman–Crippen LogP) is 3.61. The summed E-state index contributed by atoms with van der Waals surface area (Å²) in [5.74, 6) is -4.75. The summed E-state index contributed by atoms with van der Waals surface area (Å²) in [6.45, 7) is 0.678. The second-order valence-electron chi connectivity index (χ2n) is 19.9. The van der Waals surface area contributed by atoms with E-state index in [1.807, 2.05) is 78.9 Å². The number of nitrogens with zero attached hydrogens (tertiary/aromatic N) is 2. The number of aryl methyl sites for hydroxylation is 2. The zero-order chi connectivity index (χ0) is 55.5. The van der Waals surface area contributed by atoms with Crippen LogP contribution in [0.5, 0.6) is 0 Å². The van der Waals surface area contributed by atoms with Crippen molar-refractivity contribution in [2.75, 3.05) is 39.6 Å². The van der Waals surface area contributed by atoms with Gasteiger partial charge in [0.25, 0.3) is 5.56 Å². The molecular formula is C58H57FN8O12. The zero-order valence-corrected chi connectivity index (χ0v) is 43.3. The van der Waals surface area contributed by atoms with Crippen LogP contribution >= 0.6 is 0 Å². The molecule has 0 saturated heterocycles. The second-order valence-corrected chi connectivity index (χ2v) is 19.9. The Labute approximate surface area is 451 Å². The molecule has 0 bridgehead atoms. The van der Waals surface area contributed by atoms with Gasteiger partial charge in [-0.1, -0.05) is 85.8 Å². The first-order valence-corrected chi connectivity index (χ1v) is 26.0. The van der Waals surface area contributed by atoms with Crippen LogP contribution in [0.2, 0.25) is 0 Å². The van der Waals surface area contributed by atoms with Crippen LogP contribution in [0, 0.1) is 12.7 Å². The summed E-state index contributed by atoms with van der Waals surface area (Å²) in [6, 6.07) is 26.1. The third-order valence-corrected chi connectivity index (χ3v) is 15.1. The highest BCUT2D eigenvalue weighted by atomic mass is 19.1. The van der Waals surface area contributed by atoms with Gasteiger partial charge in [0.05, 0.1) is 48.1 Å². The quantitative estimate of drug-likeness (QED) is 0.0347. The summed E-state index contributed by atoms with van der Waals surface area (Å²) in [7, 11) is 0. The molecule has 10 rings (SSSR count). The number of hydrogen-bond acceptors (Lipinski definition) is 13.